The highest BCUT2D eigenvalue weighted by molar-refractivity contribution is 7.22. The van der Waals surface area contributed by atoms with Crippen LogP contribution in [0.5, 0.6) is 0 Å². The number of nitrogens with zero attached hydrogens (tertiary/aromatic N) is 1. The Bertz CT molecular complexity index is 445. The lowest BCUT2D eigenvalue weighted by atomic mass is 10.2. The van der Waals surface area contributed by atoms with Gasteiger partial charge < -0.3 is 17.2 Å². The number of anilines is 3. The lowest BCUT2D eigenvalue weighted by molar-refractivity contribution is 1.49. The molecule has 0 atom stereocenters. The van der Waals surface area contributed by atoms with Crippen molar-refractivity contribution < 1.29 is 0 Å². The summed E-state index contributed by atoms with van der Waals surface area (Å²) >= 11 is 1.39. The van der Waals surface area contributed by atoms with Crippen molar-refractivity contribution in [3.05, 3.63) is 12.1 Å². The summed E-state index contributed by atoms with van der Waals surface area (Å²) in [4.78, 5) is 4.07. The molecule has 0 saturated carbocycles. The lowest BCUT2D eigenvalue weighted by Crippen LogP contribution is -1.90. The molecule has 86 valence electrons. The maximum atomic E-state index is 5.68. The molecule has 0 amide bonds. The second-order valence-corrected chi connectivity index (χ2v) is 3.57. The fourth-order valence-corrected chi connectivity index (χ4v) is 1.91. The third-order valence-electron chi connectivity index (χ3n) is 1.56. The van der Waals surface area contributed by atoms with Gasteiger partial charge in [0, 0.05) is 5.69 Å². The molecule has 0 bridgehead atoms. The molecule has 0 aliphatic heterocycles. The summed E-state index contributed by atoms with van der Waals surface area (Å²) in [5.74, 6) is 0. The van der Waals surface area contributed by atoms with Gasteiger partial charge >= 0.3 is 0 Å². The van der Waals surface area contributed by atoms with Crippen molar-refractivity contribution in [2.45, 2.75) is 0 Å². The van der Waals surface area contributed by atoms with E-state index in [1.807, 2.05) is 6.07 Å². The second-order valence-electron chi connectivity index (χ2n) is 2.51. The Morgan fingerprint density at radius 2 is 1.60 bits per heavy atom. The Kier molecular flexibility index (Phi) is 6.80. The fourth-order valence-electron chi connectivity index (χ4n) is 1.09. The van der Waals surface area contributed by atoms with Crippen LogP contribution < -0.4 is 17.2 Å². The van der Waals surface area contributed by atoms with Gasteiger partial charge in [0.25, 0.3) is 0 Å². The number of nitrogens with two attached hydrogens (primary N) is 3. The largest absolute Gasteiger partial charge is 0.399 e. The number of halogens is 3. The summed E-state index contributed by atoms with van der Waals surface area (Å²) in [6.45, 7) is 0. The van der Waals surface area contributed by atoms with Gasteiger partial charge in [0.1, 0.15) is 5.52 Å². The molecule has 0 aliphatic carbocycles. The Labute approximate surface area is 109 Å². The molecule has 2 rings (SSSR count). The van der Waals surface area contributed by atoms with Crippen LogP contribution in [0.3, 0.4) is 0 Å². The maximum Gasteiger partial charge on any atom is 0.181 e. The third-order valence-corrected chi connectivity index (χ3v) is 2.39. The van der Waals surface area contributed by atoms with Gasteiger partial charge in [-0.15, -0.1) is 37.2 Å². The number of thiazole rings is 1. The zero-order valence-electron chi connectivity index (χ0n) is 7.47. The van der Waals surface area contributed by atoms with Gasteiger partial charge in [-0.2, -0.15) is 0 Å². The molecule has 6 N–H and O–H groups in total. The molecule has 1 aromatic heterocycles. The van der Waals surface area contributed by atoms with Gasteiger partial charge in [-0.3, -0.25) is 0 Å². The van der Waals surface area contributed by atoms with Gasteiger partial charge in [-0.05, 0) is 12.1 Å². The average molecular weight is 290 g/mol. The standard InChI is InChI=1S/C7H8N4S.3ClH/c8-3-1-4(9)6-5(2-3)12-7(10)11-6;;;/h1-2H,8-9H2,(H2,10,11);3*1H. The van der Waals surface area contributed by atoms with E-state index in [0.717, 1.165) is 10.2 Å². The summed E-state index contributed by atoms with van der Waals surface area (Å²) in [6, 6.07) is 3.50. The maximum absolute atomic E-state index is 5.68. The minimum absolute atomic E-state index is 0. The van der Waals surface area contributed by atoms with E-state index < -0.39 is 0 Å². The number of hydrogen-bond acceptors (Lipinski definition) is 5. The van der Waals surface area contributed by atoms with Gasteiger partial charge in [-0.25, -0.2) is 4.98 Å². The van der Waals surface area contributed by atoms with Crippen molar-refractivity contribution in [1.82, 2.24) is 4.98 Å². The van der Waals surface area contributed by atoms with Crippen LogP contribution >= 0.6 is 48.6 Å². The average Bonchev–Trinajstić information content (AvgIpc) is 2.29. The van der Waals surface area contributed by atoms with E-state index in [4.69, 9.17) is 17.2 Å². The van der Waals surface area contributed by atoms with Crippen LogP contribution in [-0.4, -0.2) is 4.98 Å². The lowest BCUT2D eigenvalue weighted by Gasteiger charge is -1.95. The highest BCUT2D eigenvalue weighted by Gasteiger charge is 2.04. The summed E-state index contributed by atoms with van der Waals surface area (Å²) in [6.07, 6.45) is 0. The Morgan fingerprint density at radius 1 is 1.00 bits per heavy atom. The van der Waals surface area contributed by atoms with E-state index in [1.54, 1.807) is 6.07 Å². The molecule has 1 aromatic carbocycles. The number of fused-ring (bicyclic) bond motifs is 1. The van der Waals surface area contributed by atoms with Crippen molar-refractivity contribution in [2.24, 2.45) is 0 Å². The summed E-state index contributed by atoms with van der Waals surface area (Å²) in [7, 11) is 0. The number of aromatic nitrogens is 1. The monoisotopic (exact) mass is 288 g/mol. The van der Waals surface area contributed by atoms with E-state index in [-0.39, 0.29) is 37.2 Å². The molecular weight excluding hydrogens is 279 g/mol. The zero-order chi connectivity index (χ0) is 8.72. The minimum Gasteiger partial charge on any atom is -0.399 e. The molecule has 1 heterocycles. The number of benzene rings is 1. The van der Waals surface area contributed by atoms with E-state index in [9.17, 15) is 0 Å². The van der Waals surface area contributed by atoms with Crippen LogP contribution in [0.1, 0.15) is 0 Å². The fraction of sp³-hybridized carbons (Fsp3) is 0. The Balaban J connectivity index is 0. The van der Waals surface area contributed by atoms with Crippen LogP contribution in [0.15, 0.2) is 12.1 Å². The predicted molar refractivity (Wildman–Crippen MR) is 74.6 cm³/mol. The number of nitrogen functional groups attached to an aromatic ring is 3. The molecule has 8 heteroatoms. The summed E-state index contributed by atoms with van der Waals surface area (Å²) in [5, 5.41) is 0.516. The van der Waals surface area contributed by atoms with Gasteiger partial charge in [0.05, 0.1) is 10.4 Å². The molecule has 2 aromatic rings. The SMILES string of the molecule is Cl.Cl.Cl.Nc1cc(N)c2nc(N)sc2c1. The molecule has 0 unspecified atom stereocenters. The molecule has 0 aliphatic rings. The summed E-state index contributed by atoms with van der Waals surface area (Å²) in [5.41, 5.74) is 18.8. The first-order valence-corrected chi connectivity index (χ1v) is 4.19. The first-order valence-electron chi connectivity index (χ1n) is 3.38. The highest BCUT2D eigenvalue weighted by Crippen LogP contribution is 2.29. The van der Waals surface area contributed by atoms with Crippen molar-refractivity contribution in [3.63, 3.8) is 0 Å². The second kappa shape index (κ2) is 6.07. The smallest absolute Gasteiger partial charge is 0.181 e. The number of rotatable bonds is 0. The molecule has 0 spiro atoms. The topological polar surface area (TPSA) is 91.0 Å². The Morgan fingerprint density at radius 3 is 2.20 bits per heavy atom. The first-order chi connectivity index (χ1) is 5.66. The zero-order valence-corrected chi connectivity index (χ0v) is 10.7. The van der Waals surface area contributed by atoms with Gasteiger partial charge in [-0.1, -0.05) is 11.3 Å². The molecule has 4 nitrogen and oxygen atoms in total. The van der Waals surface area contributed by atoms with E-state index in [1.165, 1.54) is 11.3 Å². The minimum atomic E-state index is 0. The van der Waals surface area contributed by atoms with Crippen LogP contribution in [0.2, 0.25) is 0 Å². The van der Waals surface area contributed by atoms with Gasteiger partial charge in [0.2, 0.25) is 0 Å². The van der Waals surface area contributed by atoms with Crippen molar-refractivity contribution >= 4 is 75.3 Å². The van der Waals surface area contributed by atoms with Crippen molar-refractivity contribution in [2.75, 3.05) is 17.2 Å². The first kappa shape index (κ1) is 16.8. The van der Waals surface area contributed by atoms with Gasteiger partial charge in [0.15, 0.2) is 5.13 Å². The predicted octanol–water partition coefficient (Wildman–Crippen LogP) is 2.31. The molecule has 15 heavy (non-hydrogen) atoms. The molecule has 0 saturated heterocycles. The number of hydrogen-bond donors (Lipinski definition) is 3. The third kappa shape index (κ3) is 3.17. The Hall–Kier alpha value is -0.620. The van der Waals surface area contributed by atoms with E-state index in [2.05, 4.69) is 4.98 Å². The van der Waals surface area contributed by atoms with Crippen LogP contribution in [0, 0.1) is 0 Å². The normalized spacial score (nSPS) is 8.53. The van der Waals surface area contributed by atoms with Crippen molar-refractivity contribution in [1.29, 1.82) is 0 Å². The van der Waals surface area contributed by atoms with Crippen molar-refractivity contribution in [3.8, 4) is 0 Å². The van der Waals surface area contributed by atoms with E-state index in [0.29, 0.717) is 16.5 Å². The van der Waals surface area contributed by atoms with Crippen LogP contribution in [0.4, 0.5) is 16.5 Å². The quantitative estimate of drug-likeness (QED) is 0.649. The van der Waals surface area contributed by atoms with E-state index >= 15 is 0 Å². The molecule has 0 radical (unpaired) electrons. The highest BCUT2D eigenvalue weighted by atomic mass is 35.5. The molecular formula is C7H11Cl3N4S. The summed E-state index contributed by atoms with van der Waals surface area (Å²) < 4.78 is 0.935. The molecule has 0 fully saturated rings. The van der Waals surface area contributed by atoms with Crippen LogP contribution in [0.25, 0.3) is 10.2 Å². The van der Waals surface area contributed by atoms with Crippen LogP contribution in [-0.2, 0) is 0 Å².